The quantitative estimate of drug-likeness (QED) is 0.235. The average Bonchev–Trinajstić information content (AvgIpc) is 3.34. The number of carbonyl (C=O) groups is 1. The Morgan fingerprint density at radius 2 is 2.00 bits per heavy atom. The Labute approximate surface area is 227 Å². The van der Waals surface area contributed by atoms with Crippen LogP contribution in [0.4, 0.5) is 11.6 Å². The molecule has 4 heterocycles. The van der Waals surface area contributed by atoms with E-state index in [2.05, 4.69) is 15.3 Å². The molecule has 4 aromatic rings. The number of aromatic nitrogens is 4. The second kappa shape index (κ2) is 11.6. The highest BCUT2D eigenvalue weighted by atomic mass is 16.3. The Kier molecular flexibility index (Phi) is 7.85. The molecule has 1 aliphatic heterocycles. The number of fused-ring (bicyclic) bond motifs is 1. The van der Waals surface area contributed by atoms with E-state index < -0.39 is 6.23 Å². The van der Waals surface area contributed by atoms with Gasteiger partial charge in [-0.2, -0.15) is 0 Å². The van der Waals surface area contributed by atoms with Gasteiger partial charge in [-0.3, -0.25) is 9.20 Å². The van der Waals surface area contributed by atoms with E-state index in [1.807, 2.05) is 77.0 Å². The first-order valence-electron chi connectivity index (χ1n) is 13.1. The van der Waals surface area contributed by atoms with E-state index in [1.54, 1.807) is 24.5 Å². The van der Waals surface area contributed by atoms with Crippen LogP contribution in [0.15, 0.2) is 73.2 Å². The van der Waals surface area contributed by atoms with Crippen molar-refractivity contribution in [2.45, 2.75) is 31.5 Å². The molecule has 39 heavy (non-hydrogen) atoms. The number of anilines is 2. The summed E-state index contributed by atoms with van der Waals surface area (Å²) in [5.74, 6) is 1.71. The number of piperidine rings is 1. The molecule has 202 valence electrons. The van der Waals surface area contributed by atoms with Gasteiger partial charge in [0.1, 0.15) is 28.7 Å². The predicted molar refractivity (Wildman–Crippen MR) is 152 cm³/mol. The summed E-state index contributed by atoms with van der Waals surface area (Å²) >= 11 is 0. The Balaban J connectivity index is 1.47. The van der Waals surface area contributed by atoms with Crippen molar-refractivity contribution in [1.82, 2.24) is 29.2 Å². The number of benzene rings is 1. The number of nitrogen functional groups attached to an aromatic ring is 1. The molecule has 0 bridgehead atoms. The minimum atomic E-state index is -0.919. The highest BCUT2D eigenvalue weighted by molar-refractivity contribution is 5.88. The first-order chi connectivity index (χ1) is 18.9. The Hall–Kier alpha value is -4.28. The third-order valence-corrected chi connectivity index (χ3v) is 6.87. The van der Waals surface area contributed by atoms with Crippen molar-refractivity contribution in [3.05, 3.63) is 84.6 Å². The van der Waals surface area contributed by atoms with Crippen LogP contribution >= 0.6 is 0 Å². The normalized spacial score (nSPS) is 16.7. The van der Waals surface area contributed by atoms with Crippen LogP contribution in [0.1, 0.15) is 42.9 Å². The molecule has 1 fully saturated rings. The van der Waals surface area contributed by atoms with E-state index in [0.717, 1.165) is 30.7 Å². The van der Waals surface area contributed by atoms with Crippen molar-refractivity contribution in [2.24, 2.45) is 0 Å². The molecule has 1 unspecified atom stereocenters. The van der Waals surface area contributed by atoms with E-state index in [-0.39, 0.29) is 11.9 Å². The highest BCUT2D eigenvalue weighted by Gasteiger charge is 2.31. The summed E-state index contributed by atoms with van der Waals surface area (Å²) in [6.07, 6.45) is 10.6. The molecule has 1 aliphatic rings. The number of rotatable bonds is 8. The van der Waals surface area contributed by atoms with Crippen LogP contribution in [0.3, 0.4) is 0 Å². The largest absolute Gasteiger partial charge is 0.382 e. The van der Waals surface area contributed by atoms with Crippen molar-refractivity contribution in [2.75, 3.05) is 38.2 Å². The number of pyridine rings is 1. The SMILES string of the molecule is CN(C)C/C=C/C(=O)N1CCCC[C@H]1c1nc(-c2ccc(C(O)Nc3ccccn3)cc2)c2c(N)nccn12. The number of aliphatic hydroxyl groups is 1. The molecule has 5 rings (SSSR count). The van der Waals surface area contributed by atoms with Crippen molar-refractivity contribution >= 4 is 23.1 Å². The van der Waals surface area contributed by atoms with Crippen molar-refractivity contribution in [3.63, 3.8) is 0 Å². The first kappa shape index (κ1) is 26.3. The zero-order valence-corrected chi connectivity index (χ0v) is 22.2. The number of nitrogens with zero attached hydrogens (tertiary/aromatic N) is 6. The fourth-order valence-corrected chi connectivity index (χ4v) is 4.94. The zero-order chi connectivity index (χ0) is 27.4. The number of imidazole rings is 1. The highest BCUT2D eigenvalue weighted by Crippen LogP contribution is 2.36. The van der Waals surface area contributed by atoms with E-state index in [1.165, 1.54) is 0 Å². The Morgan fingerprint density at radius 1 is 1.18 bits per heavy atom. The molecule has 1 aromatic carbocycles. The molecule has 0 radical (unpaired) electrons. The maximum Gasteiger partial charge on any atom is 0.246 e. The summed E-state index contributed by atoms with van der Waals surface area (Å²) in [5, 5.41) is 13.6. The Bertz CT molecular complexity index is 1450. The van der Waals surface area contributed by atoms with Crippen LogP contribution in [0, 0.1) is 0 Å². The fourth-order valence-electron chi connectivity index (χ4n) is 4.94. The molecule has 2 atom stereocenters. The molecular weight excluding hydrogens is 492 g/mol. The lowest BCUT2D eigenvalue weighted by Gasteiger charge is -2.34. The first-order valence-corrected chi connectivity index (χ1v) is 13.1. The number of nitrogens with one attached hydrogen (secondary N) is 1. The summed E-state index contributed by atoms with van der Waals surface area (Å²) in [6.45, 7) is 1.38. The monoisotopic (exact) mass is 526 g/mol. The van der Waals surface area contributed by atoms with E-state index >= 15 is 0 Å². The van der Waals surface area contributed by atoms with Crippen molar-refractivity contribution in [1.29, 1.82) is 0 Å². The summed E-state index contributed by atoms with van der Waals surface area (Å²) in [4.78, 5) is 30.7. The zero-order valence-electron chi connectivity index (χ0n) is 22.2. The number of aliphatic hydroxyl groups excluding tert-OH is 1. The summed E-state index contributed by atoms with van der Waals surface area (Å²) in [6, 6.07) is 12.8. The number of hydrogen-bond donors (Lipinski definition) is 3. The summed E-state index contributed by atoms with van der Waals surface area (Å²) < 4.78 is 1.96. The second-order valence-corrected chi connectivity index (χ2v) is 9.94. The van der Waals surface area contributed by atoms with Crippen LogP contribution in [0.2, 0.25) is 0 Å². The number of amides is 1. The van der Waals surface area contributed by atoms with Gasteiger partial charge >= 0.3 is 0 Å². The third kappa shape index (κ3) is 5.76. The van der Waals surface area contributed by atoms with E-state index in [9.17, 15) is 9.90 Å². The number of likely N-dealkylation sites (tertiary alicyclic amines) is 1. The molecule has 0 spiro atoms. The van der Waals surface area contributed by atoms with Gasteiger partial charge in [0, 0.05) is 48.9 Å². The maximum absolute atomic E-state index is 13.2. The molecule has 3 aromatic heterocycles. The van der Waals surface area contributed by atoms with Crippen LogP contribution < -0.4 is 11.1 Å². The lowest BCUT2D eigenvalue weighted by Crippen LogP contribution is -2.38. The van der Waals surface area contributed by atoms with Gasteiger partial charge in [-0.05, 0) is 45.5 Å². The van der Waals surface area contributed by atoms with Gasteiger partial charge in [0.2, 0.25) is 5.91 Å². The van der Waals surface area contributed by atoms with Gasteiger partial charge in [-0.15, -0.1) is 0 Å². The molecule has 0 aliphatic carbocycles. The predicted octanol–water partition coefficient (Wildman–Crippen LogP) is 3.65. The van der Waals surface area contributed by atoms with Crippen LogP contribution in [0.5, 0.6) is 0 Å². The molecule has 10 heteroatoms. The summed E-state index contributed by atoms with van der Waals surface area (Å²) in [7, 11) is 3.94. The minimum Gasteiger partial charge on any atom is -0.382 e. The van der Waals surface area contributed by atoms with Gasteiger partial charge in [0.05, 0.1) is 6.04 Å². The van der Waals surface area contributed by atoms with Gasteiger partial charge in [-0.1, -0.05) is 36.4 Å². The van der Waals surface area contributed by atoms with Crippen molar-refractivity contribution in [3.8, 4) is 11.3 Å². The van der Waals surface area contributed by atoms with Crippen LogP contribution in [-0.4, -0.2) is 67.4 Å². The van der Waals surface area contributed by atoms with E-state index in [4.69, 9.17) is 10.7 Å². The molecule has 10 nitrogen and oxygen atoms in total. The van der Waals surface area contributed by atoms with Gasteiger partial charge in [0.15, 0.2) is 6.23 Å². The van der Waals surface area contributed by atoms with Crippen LogP contribution in [0.25, 0.3) is 16.8 Å². The lowest BCUT2D eigenvalue weighted by molar-refractivity contribution is -0.130. The topological polar surface area (TPSA) is 125 Å². The number of nitrogens with two attached hydrogens (primary N) is 1. The minimum absolute atomic E-state index is 0.0133. The molecule has 0 saturated carbocycles. The van der Waals surface area contributed by atoms with Gasteiger partial charge in [0.25, 0.3) is 0 Å². The van der Waals surface area contributed by atoms with Crippen LogP contribution in [-0.2, 0) is 4.79 Å². The molecule has 4 N–H and O–H groups in total. The number of carbonyl (C=O) groups excluding carboxylic acids is 1. The van der Waals surface area contributed by atoms with Gasteiger partial charge in [-0.25, -0.2) is 15.0 Å². The fraction of sp³-hybridized carbons (Fsp3) is 0.310. The van der Waals surface area contributed by atoms with E-state index in [0.29, 0.717) is 41.5 Å². The standard InChI is InChI=1S/C29H34N8O2/c1-35(2)17-7-10-24(38)36-18-6-4-8-22(36)28-34-25(26-27(30)32-16-19-37(26)28)20-11-13-21(14-12-20)29(39)33-23-9-3-5-15-31-23/h3,5,7,9-16,19,22,29,39H,4,6,8,17-18H2,1-2H3,(H2,30,32)(H,31,33)/b10-7+/t22-,29?/m0/s1. The maximum atomic E-state index is 13.2. The smallest absolute Gasteiger partial charge is 0.246 e. The van der Waals surface area contributed by atoms with Crippen molar-refractivity contribution < 1.29 is 9.90 Å². The summed E-state index contributed by atoms with van der Waals surface area (Å²) in [5.41, 5.74) is 9.28. The average molecular weight is 527 g/mol. The molecule has 1 amide bonds. The molecule has 1 saturated heterocycles. The second-order valence-electron chi connectivity index (χ2n) is 9.94. The van der Waals surface area contributed by atoms with Gasteiger partial charge < -0.3 is 26.0 Å². The number of likely N-dealkylation sites (N-methyl/N-ethyl adjacent to an activating group) is 1. The third-order valence-electron chi connectivity index (χ3n) is 6.87. The lowest BCUT2D eigenvalue weighted by atomic mass is 10.0. The Morgan fingerprint density at radius 3 is 2.74 bits per heavy atom. The number of hydrogen-bond acceptors (Lipinski definition) is 8. The molecular formula is C29H34N8O2.